The third kappa shape index (κ3) is 2.84. The zero-order chi connectivity index (χ0) is 13.2. The Hall–Kier alpha value is -2.38. The van der Waals surface area contributed by atoms with Gasteiger partial charge in [-0.05, 0) is 18.2 Å². The van der Waals surface area contributed by atoms with Crippen LogP contribution in [0.2, 0.25) is 0 Å². The molecule has 0 unspecified atom stereocenters. The van der Waals surface area contributed by atoms with Gasteiger partial charge in [0.05, 0.1) is 11.9 Å². The number of aromatic nitrogens is 3. The lowest BCUT2D eigenvalue weighted by Crippen LogP contribution is -2.08. The van der Waals surface area contributed by atoms with Crippen LogP contribution < -0.4 is 11.1 Å². The molecule has 2 rings (SSSR count). The van der Waals surface area contributed by atoms with Gasteiger partial charge in [-0.25, -0.2) is 9.97 Å². The summed E-state index contributed by atoms with van der Waals surface area (Å²) in [5.41, 5.74) is 4.82. The van der Waals surface area contributed by atoms with Gasteiger partial charge in [-0.1, -0.05) is 0 Å². The molecule has 0 radical (unpaired) electrons. The maximum atomic E-state index is 12.3. The van der Waals surface area contributed by atoms with Gasteiger partial charge in [0.1, 0.15) is 11.5 Å². The van der Waals surface area contributed by atoms with Crippen molar-refractivity contribution in [2.75, 3.05) is 11.1 Å². The number of nitrogens with one attached hydrogen (secondary N) is 1. The van der Waals surface area contributed by atoms with E-state index in [1.165, 1.54) is 18.3 Å². The fraction of sp³-hybridized carbons (Fsp3) is 0.100. The van der Waals surface area contributed by atoms with Crippen molar-refractivity contribution in [3.8, 4) is 0 Å². The van der Waals surface area contributed by atoms with Gasteiger partial charge in [0.15, 0.2) is 0 Å². The first-order valence-electron chi connectivity index (χ1n) is 4.84. The minimum absolute atomic E-state index is 0.191. The Morgan fingerprint density at radius 2 is 1.89 bits per heavy atom. The predicted octanol–water partition coefficient (Wildman–Crippen LogP) is 2.22. The largest absolute Gasteiger partial charge is 0.433 e. The molecule has 0 fully saturated rings. The van der Waals surface area contributed by atoms with Crippen molar-refractivity contribution in [1.82, 2.24) is 15.0 Å². The lowest BCUT2D eigenvalue weighted by atomic mass is 10.3. The quantitative estimate of drug-likeness (QED) is 0.860. The van der Waals surface area contributed by atoms with Gasteiger partial charge in [0, 0.05) is 6.20 Å². The fourth-order valence-corrected chi connectivity index (χ4v) is 1.20. The molecule has 8 heteroatoms. The van der Waals surface area contributed by atoms with Crippen LogP contribution in [0.25, 0.3) is 0 Å². The fourth-order valence-electron chi connectivity index (χ4n) is 1.20. The standard InChI is InChI=1S/C10H8F3N5/c11-10(12,13)7-2-1-6(5-16-7)17-9-15-4-3-8(14)18-9/h1-5H,(H3,14,15,17,18). The average Bonchev–Trinajstić information content (AvgIpc) is 2.28. The summed E-state index contributed by atoms with van der Waals surface area (Å²) in [5.74, 6) is 0.448. The topological polar surface area (TPSA) is 76.7 Å². The van der Waals surface area contributed by atoms with E-state index in [1.54, 1.807) is 0 Å². The minimum Gasteiger partial charge on any atom is -0.384 e. The van der Waals surface area contributed by atoms with E-state index in [0.717, 1.165) is 12.3 Å². The van der Waals surface area contributed by atoms with E-state index in [0.29, 0.717) is 5.69 Å². The number of halogens is 3. The third-order valence-electron chi connectivity index (χ3n) is 1.99. The Morgan fingerprint density at radius 1 is 1.11 bits per heavy atom. The molecule has 0 atom stereocenters. The van der Waals surface area contributed by atoms with E-state index in [2.05, 4.69) is 20.3 Å². The van der Waals surface area contributed by atoms with Gasteiger partial charge in [0.25, 0.3) is 0 Å². The molecular formula is C10H8F3N5. The Bertz CT molecular complexity index is 538. The molecule has 0 aromatic carbocycles. The van der Waals surface area contributed by atoms with Crippen molar-refractivity contribution in [2.45, 2.75) is 6.18 Å². The number of nitrogen functional groups attached to an aromatic ring is 1. The van der Waals surface area contributed by atoms with Crippen molar-refractivity contribution >= 4 is 17.5 Å². The summed E-state index contributed by atoms with van der Waals surface area (Å²) in [6, 6.07) is 3.60. The Morgan fingerprint density at radius 3 is 2.44 bits per heavy atom. The molecule has 0 amide bonds. The van der Waals surface area contributed by atoms with Gasteiger partial charge in [0.2, 0.25) is 5.95 Å². The second kappa shape index (κ2) is 4.47. The van der Waals surface area contributed by atoms with E-state index in [1.807, 2.05) is 0 Å². The number of nitrogens with two attached hydrogens (primary N) is 1. The van der Waals surface area contributed by atoms with Crippen LogP contribution >= 0.6 is 0 Å². The highest BCUT2D eigenvalue weighted by molar-refractivity contribution is 5.52. The zero-order valence-electron chi connectivity index (χ0n) is 8.94. The summed E-state index contributed by atoms with van der Waals surface area (Å²) < 4.78 is 36.8. The maximum Gasteiger partial charge on any atom is 0.433 e. The summed E-state index contributed by atoms with van der Waals surface area (Å²) >= 11 is 0. The first-order chi connectivity index (χ1) is 8.45. The lowest BCUT2D eigenvalue weighted by molar-refractivity contribution is -0.141. The van der Waals surface area contributed by atoms with E-state index in [9.17, 15) is 13.2 Å². The number of hydrogen-bond donors (Lipinski definition) is 2. The molecule has 2 aromatic heterocycles. The summed E-state index contributed by atoms with van der Waals surface area (Å²) in [7, 11) is 0. The van der Waals surface area contributed by atoms with Crippen LogP contribution in [0.4, 0.5) is 30.6 Å². The summed E-state index contributed by atoms with van der Waals surface area (Å²) in [6.45, 7) is 0. The normalized spacial score (nSPS) is 11.3. The smallest absolute Gasteiger partial charge is 0.384 e. The van der Waals surface area contributed by atoms with E-state index < -0.39 is 11.9 Å². The molecule has 0 saturated carbocycles. The van der Waals surface area contributed by atoms with Crippen LogP contribution in [0.3, 0.4) is 0 Å². The van der Waals surface area contributed by atoms with Crippen molar-refractivity contribution < 1.29 is 13.2 Å². The molecule has 18 heavy (non-hydrogen) atoms. The summed E-state index contributed by atoms with van der Waals surface area (Å²) in [4.78, 5) is 11.0. The molecule has 94 valence electrons. The molecule has 3 N–H and O–H groups in total. The lowest BCUT2D eigenvalue weighted by Gasteiger charge is -2.07. The Labute approximate surface area is 99.9 Å². The van der Waals surface area contributed by atoms with Crippen molar-refractivity contribution in [1.29, 1.82) is 0 Å². The second-order valence-electron chi connectivity index (χ2n) is 3.36. The summed E-state index contributed by atoms with van der Waals surface area (Å²) in [6.07, 6.45) is -1.97. The predicted molar refractivity (Wildman–Crippen MR) is 59.0 cm³/mol. The van der Waals surface area contributed by atoms with Crippen LogP contribution in [0, 0.1) is 0 Å². The summed E-state index contributed by atoms with van der Waals surface area (Å²) in [5, 5.41) is 2.69. The molecule has 2 heterocycles. The number of rotatable bonds is 2. The van der Waals surface area contributed by atoms with Crippen LogP contribution in [0.1, 0.15) is 5.69 Å². The molecule has 2 aromatic rings. The molecule has 5 nitrogen and oxygen atoms in total. The number of hydrogen-bond acceptors (Lipinski definition) is 5. The van der Waals surface area contributed by atoms with Gasteiger partial charge >= 0.3 is 6.18 Å². The molecule has 0 bridgehead atoms. The Kier molecular flexibility index (Phi) is 3.00. The first kappa shape index (κ1) is 12.1. The van der Waals surface area contributed by atoms with Crippen molar-refractivity contribution in [3.05, 3.63) is 36.3 Å². The molecular weight excluding hydrogens is 247 g/mol. The van der Waals surface area contributed by atoms with Gasteiger partial charge in [-0.2, -0.15) is 18.2 Å². The maximum absolute atomic E-state index is 12.3. The monoisotopic (exact) mass is 255 g/mol. The highest BCUT2D eigenvalue weighted by atomic mass is 19.4. The first-order valence-corrected chi connectivity index (χ1v) is 4.84. The van der Waals surface area contributed by atoms with Crippen LogP contribution in [0.5, 0.6) is 0 Å². The van der Waals surface area contributed by atoms with E-state index in [4.69, 9.17) is 5.73 Å². The van der Waals surface area contributed by atoms with Gasteiger partial charge in [-0.15, -0.1) is 0 Å². The van der Waals surface area contributed by atoms with Crippen LogP contribution in [-0.4, -0.2) is 15.0 Å². The number of alkyl halides is 3. The number of nitrogens with zero attached hydrogens (tertiary/aromatic N) is 3. The highest BCUT2D eigenvalue weighted by Crippen LogP contribution is 2.28. The van der Waals surface area contributed by atoms with E-state index >= 15 is 0 Å². The molecule has 0 saturated heterocycles. The highest BCUT2D eigenvalue weighted by Gasteiger charge is 2.31. The molecule has 0 spiro atoms. The van der Waals surface area contributed by atoms with Gasteiger partial charge in [-0.3, -0.25) is 0 Å². The van der Waals surface area contributed by atoms with Crippen LogP contribution in [0.15, 0.2) is 30.6 Å². The Balaban J connectivity index is 2.16. The molecule has 0 aliphatic heterocycles. The van der Waals surface area contributed by atoms with Gasteiger partial charge < -0.3 is 11.1 Å². The minimum atomic E-state index is -4.45. The molecule has 0 aliphatic rings. The number of pyridine rings is 1. The average molecular weight is 255 g/mol. The SMILES string of the molecule is Nc1ccnc(Nc2ccc(C(F)(F)F)nc2)n1. The zero-order valence-corrected chi connectivity index (χ0v) is 8.94. The van der Waals surface area contributed by atoms with Crippen molar-refractivity contribution in [2.24, 2.45) is 0 Å². The third-order valence-corrected chi connectivity index (χ3v) is 1.99. The van der Waals surface area contributed by atoms with Crippen molar-refractivity contribution in [3.63, 3.8) is 0 Å². The van der Waals surface area contributed by atoms with Crippen LogP contribution in [-0.2, 0) is 6.18 Å². The number of anilines is 3. The second-order valence-corrected chi connectivity index (χ2v) is 3.36. The van der Waals surface area contributed by atoms with E-state index in [-0.39, 0.29) is 11.8 Å². The molecule has 0 aliphatic carbocycles.